The SMILES string of the molecule is Fc1ccc(OCCCn2c3c(c4ccccc42)CCNCC3)cc1.O=C(O)/C=C\C(=O)O. The van der Waals surface area contributed by atoms with Crippen LogP contribution >= 0.6 is 0 Å². The number of aromatic nitrogens is 1. The fraction of sp³-hybridized carbons (Fsp3) is 0.280. The summed E-state index contributed by atoms with van der Waals surface area (Å²) in [5, 5.41) is 20.5. The van der Waals surface area contributed by atoms with Gasteiger partial charge in [-0.1, -0.05) is 18.2 Å². The molecule has 0 fully saturated rings. The molecule has 3 N–H and O–H groups in total. The van der Waals surface area contributed by atoms with Crippen LogP contribution in [0.3, 0.4) is 0 Å². The van der Waals surface area contributed by atoms with Crippen LogP contribution < -0.4 is 10.1 Å². The summed E-state index contributed by atoms with van der Waals surface area (Å²) in [4.78, 5) is 19.1. The molecule has 7 nitrogen and oxygen atoms in total. The monoisotopic (exact) mass is 454 g/mol. The Kier molecular flexibility index (Phi) is 8.60. The molecular formula is C25H27FN2O5. The Morgan fingerprint density at radius 3 is 2.36 bits per heavy atom. The predicted octanol–water partition coefficient (Wildman–Crippen LogP) is 3.65. The lowest BCUT2D eigenvalue weighted by atomic mass is 10.1. The van der Waals surface area contributed by atoms with Crippen LogP contribution in [-0.4, -0.2) is 46.4 Å². The molecule has 0 amide bonds. The molecule has 0 saturated heterocycles. The van der Waals surface area contributed by atoms with Gasteiger partial charge in [-0.25, -0.2) is 14.0 Å². The quantitative estimate of drug-likeness (QED) is 0.372. The number of benzene rings is 2. The van der Waals surface area contributed by atoms with Gasteiger partial charge in [0.1, 0.15) is 11.6 Å². The van der Waals surface area contributed by atoms with E-state index in [0.29, 0.717) is 18.8 Å². The summed E-state index contributed by atoms with van der Waals surface area (Å²) in [7, 11) is 0. The Morgan fingerprint density at radius 1 is 1.00 bits per heavy atom. The zero-order valence-electron chi connectivity index (χ0n) is 18.2. The van der Waals surface area contributed by atoms with Crippen LogP contribution in [0.2, 0.25) is 0 Å². The lowest BCUT2D eigenvalue weighted by Gasteiger charge is -2.12. The zero-order chi connectivity index (χ0) is 23.6. The Hall–Kier alpha value is -3.65. The lowest BCUT2D eigenvalue weighted by Crippen LogP contribution is -2.17. The fourth-order valence-corrected chi connectivity index (χ4v) is 3.88. The first kappa shape index (κ1) is 24.0. The molecule has 1 aliphatic rings. The first-order valence-corrected chi connectivity index (χ1v) is 10.8. The summed E-state index contributed by atoms with van der Waals surface area (Å²) < 4.78 is 21.2. The first-order chi connectivity index (χ1) is 16.0. The summed E-state index contributed by atoms with van der Waals surface area (Å²) in [5.74, 6) is -2.02. The van der Waals surface area contributed by atoms with Gasteiger partial charge >= 0.3 is 11.9 Å². The molecule has 1 aromatic heterocycles. The van der Waals surface area contributed by atoms with Gasteiger partial charge in [-0.05, 0) is 55.3 Å². The minimum atomic E-state index is -1.26. The van der Waals surface area contributed by atoms with Crippen molar-refractivity contribution in [1.82, 2.24) is 9.88 Å². The molecule has 3 aromatic rings. The Balaban J connectivity index is 0.000000331. The van der Waals surface area contributed by atoms with Gasteiger partial charge in [-0.15, -0.1) is 0 Å². The summed E-state index contributed by atoms with van der Waals surface area (Å²) in [6.07, 6.45) is 4.21. The average Bonchev–Trinajstić information content (AvgIpc) is 2.93. The van der Waals surface area contributed by atoms with E-state index in [1.54, 1.807) is 12.1 Å². The third-order valence-corrected chi connectivity index (χ3v) is 5.26. The van der Waals surface area contributed by atoms with Crippen molar-refractivity contribution in [3.63, 3.8) is 0 Å². The van der Waals surface area contributed by atoms with Crippen molar-refractivity contribution in [2.75, 3.05) is 19.7 Å². The van der Waals surface area contributed by atoms with E-state index in [0.717, 1.165) is 44.6 Å². The Morgan fingerprint density at radius 2 is 1.67 bits per heavy atom. The third kappa shape index (κ3) is 6.92. The van der Waals surface area contributed by atoms with E-state index in [9.17, 15) is 14.0 Å². The number of aryl methyl sites for hydroxylation is 1. The fourth-order valence-electron chi connectivity index (χ4n) is 3.88. The number of rotatable bonds is 7. The summed E-state index contributed by atoms with van der Waals surface area (Å²) in [5.41, 5.74) is 4.30. The van der Waals surface area contributed by atoms with Crippen molar-refractivity contribution < 1.29 is 28.9 Å². The maximum absolute atomic E-state index is 12.9. The van der Waals surface area contributed by atoms with E-state index in [4.69, 9.17) is 14.9 Å². The topological polar surface area (TPSA) is 101 Å². The minimum absolute atomic E-state index is 0.234. The van der Waals surface area contributed by atoms with Crippen molar-refractivity contribution >= 4 is 22.8 Å². The third-order valence-electron chi connectivity index (χ3n) is 5.26. The van der Waals surface area contributed by atoms with Gasteiger partial charge in [0.2, 0.25) is 0 Å². The van der Waals surface area contributed by atoms with Crippen LogP contribution in [0.4, 0.5) is 4.39 Å². The van der Waals surface area contributed by atoms with Gasteiger partial charge < -0.3 is 24.8 Å². The van der Waals surface area contributed by atoms with Crippen LogP contribution in [0.1, 0.15) is 17.7 Å². The molecule has 0 aliphatic carbocycles. The molecule has 8 heteroatoms. The second kappa shape index (κ2) is 11.8. The lowest BCUT2D eigenvalue weighted by molar-refractivity contribution is -0.134. The largest absolute Gasteiger partial charge is 0.494 e. The van der Waals surface area contributed by atoms with Gasteiger partial charge in [0.25, 0.3) is 0 Å². The van der Waals surface area contributed by atoms with Crippen LogP contribution in [0, 0.1) is 5.82 Å². The molecule has 0 unspecified atom stereocenters. The van der Waals surface area contributed by atoms with Crippen LogP contribution in [0.25, 0.3) is 10.9 Å². The number of carbonyl (C=O) groups is 2. The zero-order valence-corrected chi connectivity index (χ0v) is 18.2. The highest BCUT2D eigenvalue weighted by Gasteiger charge is 2.18. The number of ether oxygens (including phenoxy) is 1. The number of halogens is 1. The summed E-state index contributed by atoms with van der Waals surface area (Å²) in [6, 6.07) is 14.9. The number of carboxylic acids is 2. The molecule has 0 saturated carbocycles. The highest BCUT2D eigenvalue weighted by Crippen LogP contribution is 2.28. The number of para-hydroxylation sites is 1. The molecule has 0 bridgehead atoms. The number of nitrogens with zero attached hydrogens (tertiary/aromatic N) is 1. The minimum Gasteiger partial charge on any atom is -0.494 e. The van der Waals surface area contributed by atoms with Crippen molar-refractivity contribution in [2.45, 2.75) is 25.8 Å². The van der Waals surface area contributed by atoms with Crippen LogP contribution in [-0.2, 0) is 29.0 Å². The number of fused-ring (bicyclic) bond motifs is 3. The number of aliphatic carboxylic acids is 2. The molecule has 174 valence electrons. The molecule has 0 spiro atoms. The molecule has 2 aromatic carbocycles. The number of carboxylic acid groups (broad SMARTS) is 2. The van der Waals surface area contributed by atoms with Gasteiger partial charge in [0.05, 0.1) is 6.61 Å². The summed E-state index contributed by atoms with van der Waals surface area (Å²) in [6.45, 7) is 3.66. The summed E-state index contributed by atoms with van der Waals surface area (Å²) >= 11 is 0. The van der Waals surface area contributed by atoms with Gasteiger partial charge in [-0.2, -0.15) is 0 Å². The van der Waals surface area contributed by atoms with Crippen molar-refractivity contribution in [3.05, 3.63) is 77.8 Å². The average molecular weight is 454 g/mol. The standard InChI is InChI=1S/C21H23FN2O.C4H4O4/c22-16-6-8-17(9-7-16)25-15-3-14-24-20-5-2-1-4-18(20)19-10-12-23-13-11-21(19)24;5-3(6)1-2-4(7)8/h1-2,4-9,23H,3,10-15H2;1-2H,(H,5,6)(H,7,8)/b;2-1-. The highest BCUT2D eigenvalue weighted by molar-refractivity contribution is 5.89. The Bertz CT molecular complexity index is 1110. The van der Waals surface area contributed by atoms with E-state index < -0.39 is 11.9 Å². The second-order valence-corrected chi connectivity index (χ2v) is 7.51. The maximum atomic E-state index is 12.9. The molecular weight excluding hydrogens is 427 g/mol. The van der Waals surface area contributed by atoms with E-state index in [1.165, 1.54) is 34.3 Å². The number of nitrogens with one attached hydrogen (secondary N) is 1. The normalized spacial score (nSPS) is 13.1. The van der Waals surface area contributed by atoms with Crippen molar-refractivity contribution in [3.8, 4) is 5.75 Å². The molecule has 2 heterocycles. The van der Waals surface area contributed by atoms with E-state index in [-0.39, 0.29) is 5.82 Å². The van der Waals surface area contributed by atoms with Crippen molar-refractivity contribution in [2.24, 2.45) is 0 Å². The van der Waals surface area contributed by atoms with Crippen molar-refractivity contribution in [1.29, 1.82) is 0 Å². The molecule has 4 rings (SSSR count). The number of hydrogen-bond donors (Lipinski definition) is 3. The smallest absolute Gasteiger partial charge is 0.328 e. The van der Waals surface area contributed by atoms with Crippen LogP contribution in [0.5, 0.6) is 5.75 Å². The Labute approximate surface area is 191 Å². The molecule has 1 aliphatic heterocycles. The predicted molar refractivity (Wildman–Crippen MR) is 123 cm³/mol. The number of hydrogen-bond acceptors (Lipinski definition) is 4. The van der Waals surface area contributed by atoms with E-state index in [2.05, 4.69) is 34.1 Å². The van der Waals surface area contributed by atoms with E-state index >= 15 is 0 Å². The van der Waals surface area contributed by atoms with Crippen LogP contribution in [0.15, 0.2) is 60.7 Å². The molecule has 0 radical (unpaired) electrons. The first-order valence-electron chi connectivity index (χ1n) is 10.8. The van der Waals surface area contributed by atoms with E-state index in [1.807, 2.05) is 0 Å². The van der Waals surface area contributed by atoms with Gasteiger partial charge in [0, 0.05) is 48.3 Å². The van der Waals surface area contributed by atoms with Gasteiger partial charge in [0.15, 0.2) is 0 Å². The van der Waals surface area contributed by atoms with Gasteiger partial charge in [-0.3, -0.25) is 0 Å². The molecule has 0 atom stereocenters. The second-order valence-electron chi connectivity index (χ2n) is 7.51. The molecule has 33 heavy (non-hydrogen) atoms. The maximum Gasteiger partial charge on any atom is 0.328 e. The highest BCUT2D eigenvalue weighted by atomic mass is 19.1.